The summed E-state index contributed by atoms with van der Waals surface area (Å²) in [5.74, 6) is 4.49. The number of allylic oxidation sites excluding steroid dienone is 2. The van der Waals surface area contributed by atoms with Gasteiger partial charge in [0.2, 0.25) is 0 Å². The van der Waals surface area contributed by atoms with E-state index in [1.165, 1.54) is 51.1 Å². The number of piperazine rings is 1. The van der Waals surface area contributed by atoms with Crippen LogP contribution < -0.4 is 19.3 Å². The van der Waals surface area contributed by atoms with Gasteiger partial charge in [-0.2, -0.15) is 0 Å². The smallest absolute Gasteiger partial charge is 0.169 e. The molecule has 0 unspecified atom stereocenters. The fourth-order valence-electron chi connectivity index (χ4n) is 5.20. The molecular weight excluding hydrogens is 312 g/mol. The van der Waals surface area contributed by atoms with Crippen molar-refractivity contribution in [3.05, 3.63) is 35.9 Å². The van der Waals surface area contributed by atoms with Gasteiger partial charge in [0.15, 0.2) is 11.5 Å². The third kappa shape index (κ3) is 3.56. The van der Waals surface area contributed by atoms with Crippen LogP contribution in [0.3, 0.4) is 0 Å². The van der Waals surface area contributed by atoms with Gasteiger partial charge < -0.3 is 19.3 Å². The molecule has 2 N–H and O–H groups in total. The molecule has 1 saturated heterocycles. The second kappa shape index (κ2) is 7.38. The topological polar surface area (TPSA) is 27.3 Å². The summed E-state index contributed by atoms with van der Waals surface area (Å²) in [6.45, 7) is 7.54. The number of nitrogens with one attached hydrogen (secondary N) is 2. The van der Waals surface area contributed by atoms with E-state index in [2.05, 4.69) is 24.3 Å². The third-order valence-corrected chi connectivity index (χ3v) is 6.56. The summed E-state index contributed by atoms with van der Waals surface area (Å²) in [6, 6.07) is 6.22. The Hall–Kier alpha value is -1.52. The van der Waals surface area contributed by atoms with Gasteiger partial charge in [-0.15, -0.1) is 0 Å². The number of hydrogen-bond acceptors (Lipinski definition) is 2. The summed E-state index contributed by atoms with van der Waals surface area (Å²) in [6.07, 6.45) is 7.84. The van der Waals surface area contributed by atoms with Gasteiger partial charge in [-0.1, -0.05) is 18.2 Å². The zero-order valence-electron chi connectivity index (χ0n) is 15.6. The number of para-hydroxylation sites is 1. The molecule has 4 nitrogen and oxygen atoms in total. The predicted octanol–water partition coefficient (Wildman–Crippen LogP) is 0.199. The molecule has 2 aliphatic carbocycles. The lowest BCUT2D eigenvalue weighted by atomic mass is 9.93. The normalized spacial score (nSPS) is 33.6. The Morgan fingerprint density at radius 3 is 2.40 bits per heavy atom. The van der Waals surface area contributed by atoms with Crippen LogP contribution in [0.15, 0.2) is 30.4 Å². The van der Waals surface area contributed by atoms with Crippen LogP contribution in [-0.4, -0.2) is 46.9 Å². The Morgan fingerprint density at radius 2 is 1.76 bits per heavy atom. The lowest BCUT2D eigenvalue weighted by molar-refractivity contribution is -1.02. The van der Waals surface area contributed by atoms with E-state index in [0.717, 1.165) is 35.8 Å². The van der Waals surface area contributed by atoms with Crippen LogP contribution >= 0.6 is 0 Å². The first-order valence-electron chi connectivity index (χ1n) is 9.82. The SMILES string of the molecule is COc1cccc(C[NH+]2CC[NH+](C[C@H]3C[C@H]4C=C[C@H]3C4)CC2)c1OC. The summed E-state index contributed by atoms with van der Waals surface area (Å²) >= 11 is 0. The van der Waals surface area contributed by atoms with Crippen LogP contribution in [0.5, 0.6) is 11.5 Å². The largest absolute Gasteiger partial charge is 0.493 e. The minimum absolute atomic E-state index is 0.841. The second-order valence-electron chi connectivity index (χ2n) is 8.07. The van der Waals surface area contributed by atoms with Gasteiger partial charge in [-0.3, -0.25) is 0 Å². The molecule has 25 heavy (non-hydrogen) atoms. The van der Waals surface area contributed by atoms with Gasteiger partial charge in [-0.05, 0) is 36.8 Å². The van der Waals surface area contributed by atoms with Crippen molar-refractivity contribution < 1.29 is 19.3 Å². The summed E-state index contributed by atoms with van der Waals surface area (Å²) in [5, 5.41) is 0. The fourth-order valence-corrected chi connectivity index (χ4v) is 5.20. The van der Waals surface area contributed by atoms with Crippen LogP contribution in [0.25, 0.3) is 0 Å². The van der Waals surface area contributed by atoms with Crippen molar-refractivity contribution >= 4 is 0 Å². The Morgan fingerprint density at radius 1 is 0.960 bits per heavy atom. The summed E-state index contributed by atoms with van der Waals surface area (Å²) in [4.78, 5) is 3.50. The van der Waals surface area contributed by atoms with E-state index >= 15 is 0 Å². The minimum Gasteiger partial charge on any atom is -0.493 e. The summed E-state index contributed by atoms with van der Waals surface area (Å²) in [7, 11) is 3.45. The molecule has 3 aliphatic rings. The number of methoxy groups -OCH3 is 2. The fraction of sp³-hybridized carbons (Fsp3) is 0.619. The highest BCUT2D eigenvalue weighted by atomic mass is 16.5. The van der Waals surface area contributed by atoms with Crippen molar-refractivity contribution in [2.45, 2.75) is 19.4 Å². The number of benzene rings is 1. The molecule has 3 atom stereocenters. The Bertz CT molecular complexity index is 622. The van der Waals surface area contributed by atoms with Crippen LogP contribution in [0.4, 0.5) is 0 Å². The Kier molecular flexibility index (Phi) is 5.00. The van der Waals surface area contributed by atoms with Crippen molar-refractivity contribution in [2.75, 3.05) is 46.9 Å². The van der Waals surface area contributed by atoms with E-state index in [1.807, 2.05) is 11.0 Å². The number of hydrogen-bond donors (Lipinski definition) is 2. The highest BCUT2D eigenvalue weighted by Gasteiger charge is 2.38. The highest BCUT2D eigenvalue weighted by Crippen LogP contribution is 2.42. The molecule has 4 heteroatoms. The zero-order valence-corrected chi connectivity index (χ0v) is 15.6. The number of fused-ring (bicyclic) bond motifs is 2. The second-order valence-corrected chi connectivity index (χ2v) is 8.07. The molecule has 1 heterocycles. The molecule has 1 aliphatic heterocycles. The molecule has 2 fully saturated rings. The van der Waals surface area contributed by atoms with Crippen molar-refractivity contribution in [1.29, 1.82) is 0 Å². The van der Waals surface area contributed by atoms with Crippen LogP contribution in [-0.2, 0) is 6.54 Å². The quantitative estimate of drug-likeness (QED) is 0.722. The molecule has 0 spiro atoms. The number of ether oxygens (including phenoxy) is 2. The average Bonchev–Trinajstić information content (AvgIpc) is 3.26. The molecular formula is C21H32N2O2+2. The monoisotopic (exact) mass is 344 g/mol. The third-order valence-electron chi connectivity index (χ3n) is 6.56. The van der Waals surface area contributed by atoms with Gasteiger partial charge in [0.25, 0.3) is 0 Å². The van der Waals surface area contributed by atoms with Crippen molar-refractivity contribution in [2.24, 2.45) is 17.8 Å². The molecule has 1 aromatic carbocycles. The lowest BCUT2D eigenvalue weighted by Crippen LogP contribution is -3.27. The molecule has 0 radical (unpaired) electrons. The van der Waals surface area contributed by atoms with Crippen LogP contribution in [0, 0.1) is 17.8 Å². The molecule has 0 aromatic heterocycles. The molecule has 4 rings (SSSR count). The average molecular weight is 344 g/mol. The maximum atomic E-state index is 5.60. The zero-order chi connectivity index (χ0) is 17.2. The van der Waals surface area contributed by atoms with Gasteiger partial charge >= 0.3 is 0 Å². The van der Waals surface area contributed by atoms with E-state index < -0.39 is 0 Å². The molecule has 1 aromatic rings. The summed E-state index contributed by atoms with van der Waals surface area (Å²) < 4.78 is 11.0. The van der Waals surface area contributed by atoms with Crippen molar-refractivity contribution in [1.82, 2.24) is 0 Å². The Labute approximate surface area is 151 Å². The maximum absolute atomic E-state index is 5.60. The van der Waals surface area contributed by atoms with Crippen molar-refractivity contribution in [3.63, 3.8) is 0 Å². The lowest BCUT2D eigenvalue weighted by Gasteiger charge is -2.32. The van der Waals surface area contributed by atoms with Gasteiger partial charge in [-0.25, -0.2) is 0 Å². The van der Waals surface area contributed by atoms with E-state index in [0.29, 0.717) is 0 Å². The number of quaternary nitrogens is 2. The van der Waals surface area contributed by atoms with E-state index in [4.69, 9.17) is 9.47 Å². The van der Waals surface area contributed by atoms with Crippen LogP contribution in [0.1, 0.15) is 18.4 Å². The summed E-state index contributed by atoms with van der Waals surface area (Å²) in [5.41, 5.74) is 1.26. The molecule has 1 saturated carbocycles. The Balaban J connectivity index is 1.30. The number of rotatable bonds is 6. The van der Waals surface area contributed by atoms with E-state index in [1.54, 1.807) is 19.1 Å². The first-order chi connectivity index (χ1) is 12.3. The predicted molar refractivity (Wildman–Crippen MR) is 98.4 cm³/mol. The van der Waals surface area contributed by atoms with Crippen molar-refractivity contribution in [3.8, 4) is 11.5 Å². The first-order valence-corrected chi connectivity index (χ1v) is 9.82. The standard InChI is InChI=1S/C21H30N2O2/c1-24-20-5-3-4-18(21(20)25-2)14-22-8-10-23(11-9-22)15-19-13-16-6-7-17(19)12-16/h3-7,16-17,19H,8-15H2,1-2H3/p+2/t16-,17-,19+/m0/s1. The van der Waals surface area contributed by atoms with Gasteiger partial charge in [0.1, 0.15) is 32.7 Å². The first kappa shape index (κ1) is 16.9. The maximum Gasteiger partial charge on any atom is 0.169 e. The van der Waals surface area contributed by atoms with E-state index in [-0.39, 0.29) is 0 Å². The van der Waals surface area contributed by atoms with Gasteiger partial charge in [0, 0.05) is 5.92 Å². The molecule has 2 bridgehead atoms. The molecule has 0 amide bonds. The molecule has 136 valence electrons. The minimum atomic E-state index is 0.841. The van der Waals surface area contributed by atoms with E-state index in [9.17, 15) is 0 Å². The van der Waals surface area contributed by atoms with Gasteiger partial charge in [0.05, 0.1) is 26.3 Å². The van der Waals surface area contributed by atoms with Crippen LogP contribution in [0.2, 0.25) is 0 Å². The highest BCUT2D eigenvalue weighted by molar-refractivity contribution is 5.46.